The van der Waals surface area contributed by atoms with Gasteiger partial charge < -0.3 is 14.8 Å². The zero-order valence-electron chi connectivity index (χ0n) is 17.1. The van der Waals surface area contributed by atoms with Crippen molar-refractivity contribution in [2.45, 2.75) is 19.1 Å². The molecule has 0 saturated carbocycles. The molecule has 1 saturated heterocycles. The van der Waals surface area contributed by atoms with Gasteiger partial charge in [0.1, 0.15) is 17.6 Å². The number of halogens is 1. The molecule has 2 aromatic carbocycles. The third-order valence-corrected chi connectivity index (χ3v) is 7.16. The van der Waals surface area contributed by atoms with Crippen LogP contribution >= 0.6 is 0 Å². The fourth-order valence-corrected chi connectivity index (χ4v) is 5.24. The molecule has 0 aromatic heterocycles. The minimum absolute atomic E-state index is 0.0401. The van der Waals surface area contributed by atoms with E-state index < -0.39 is 15.9 Å². The van der Waals surface area contributed by atoms with Gasteiger partial charge in [0, 0.05) is 25.2 Å². The van der Waals surface area contributed by atoms with Crippen molar-refractivity contribution in [1.29, 1.82) is 0 Å². The van der Waals surface area contributed by atoms with E-state index in [0.29, 0.717) is 49.5 Å². The number of amides is 1. The molecule has 7 nitrogen and oxygen atoms in total. The molecule has 166 valence electrons. The first-order valence-electron chi connectivity index (χ1n) is 10.2. The van der Waals surface area contributed by atoms with E-state index in [1.807, 2.05) is 35.2 Å². The molecule has 2 aromatic rings. The van der Waals surface area contributed by atoms with E-state index in [1.165, 1.54) is 12.1 Å². The van der Waals surface area contributed by atoms with Gasteiger partial charge in [-0.1, -0.05) is 30.3 Å². The van der Waals surface area contributed by atoms with Crippen molar-refractivity contribution in [3.05, 3.63) is 65.0 Å². The van der Waals surface area contributed by atoms with Crippen molar-refractivity contribution >= 4 is 15.7 Å². The molecule has 0 bridgehead atoms. The van der Waals surface area contributed by atoms with Crippen LogP contribution in [0.1, 0.15) is 22.7 Å². The maximum atomic E-state index is 13.9. The fourth-order valence-electron chi connectivity index (χ4n) is 4.01. The molecular weight excluding hydrogens is 423 g/mol. The van der Waals surface area contributed by atoms with E-state index >= 15 is 0 Å². The van der Waals surface area contributed by atoms with Gasteiger partial charge in [-0.15, -0.1) is 0 Å². The Kier molecular flexibility index (Phi) is 6.54. The molecule has 1 amide bonds. The average molecular weight is 449 g/mol. The number of carbonyl (C=O) groups excluding carboxylic acids is 1. The first kappa shape index (κ1) is 21.7. The lowest BCUT2D eigenvalue weighted by molar-refractivity contribution is -0.126. The molecule has 0 spiro atoms. The van der Waals surface area contributed by atoms with Crippen LogP contribution in [0.2, 0.25) is 0 Å². The van der Waals surface area contributed by atoms with Gasteiger partial charge >= 0.3 is 0 Å². The van der Waals surface area contributed by atoms with Crippen molar-refractivity contribution in [3.63, 3.8) is 0 Å². The van der Waals surface area contributed by atoms with E-state index in [4.69, 9.17) is 9.47 Å². The van der Waals surface area contributed by atoms with E-state index in [1.54, 1.807) is 0 Å². The van der Waals surface area contributed by atoms with Crippen molar-refractivity contribution in [3.8, 4) is 5.75 Å². The highest BCUT2D eigenvalue weighted by molar-refractivity contribution is 7.91. The van der Waals surface area contributed by atoms with E-state index in [0.717, 1.165) is 5.56 Å². The minimum Gasteiger partial charge on any atom is -0.467 e. The molecular formula is C22H25FN2O5S. The number of sulfone groups is 1. The lowest BCUT2D eigenvalue weighted by atomic mass is 10.0. The molecule has 1 N–H and O–H groups in total. The van der Waals surface area contributed by atoms with E-state index in [9.17, 15) is 17.6 Å². The van der Waals surface area contributed by atoms with Gasteiger partial charge in [-0.2, -0.15) is 0 Å². The molecule has 2 heterocycles. The zero-order chi connectivity index (χ0) is 21.8. The van der Waals surface area contributed by atoms with Crippen molar-refractivity contribution in [1.82, 2.24) is 10.2 Å². The molecule has 0 aliphatic carbocycles. The lowest BCUT2D eigenvalue weighted by Crippen LogP contribution is -2.47. The topological polar surface area (TPSA) is 84.9 Å². The molecule has 2 aliphatic rings. The maximum Gasteiger partial charge on any atom is 0.241 e. The summed E-state index contributed by atoms with van der Waals surface area (Å²) in [6.07, 6.45) is 0.404. The smallest absolute Gasteiger partial charge is 0.241 e. The summed E-state index contributed by atoms with van der Waals surface area (Å²) in [6, 6.07) is 11.5. The number of fused-ring (bicyclic) bond motifs is 1. The Morgan fingerprint density at radius 1 is 1.16 bits per heavy atom. The molecule has 1 unspecified atom stereocenters. The predicted molar refractivity (Wildman–Crippen MR) is 113 cm³/mol. The average Bonchev–Trinajstić information content (AvgIpc) is 2.76. The molecule has 31 heavy (non-hydrogen) atoms. The Morgan fingerprint density at radius 2 is 1.90 bits per heavy atom. The summed E-state index contributed by atoms with van der Waals surface area (Å²) in [5.41, 5.74) is 2.14. The van der Waals surface area contributed by atoms with Crippen LogP contribution in [0, 0.1) is 5.82 Å². The van der Waals surface area contributed by atoms with Gasteiger partial charge in [0.15, 0.2) is 16.6 Å². The Bertz CT molecular complexity index is 1030. The molecule has 2 aliphatic heterocycles. The second-order valence-corrected chi connectivity index (χ2v) is 10.0. The molecule has 9 heteroatoms. The van der Waals surface area contributed by atoms with Crippen LogP contribution in [0.15, 0.2) is 42.5 Å². The summed E-state index contributed by atoms with van der Waals surface area (Å²) >= 11 is 0. The van der Waals surface area contributed by atoms with Crippen LogP contribution in [-0.2, 0) is 32.4 Å². The van der Waals surface area contributed by atoms with Gasteiger partial charge in [0.2, 0.25) is 5.91 Å². The van der Waals surface area contributed by atoms with E-state index in [2.05, 4.69) is 5.32 Å². The van der Waals surface area contributed by atoms with Gasteiger partial charge in [0.05, 0.1) is 18.1 Å². The van der Waals surface area contributed by atoms with Gasteiger partial charge in [-0.25, -0.2) is 12.8 Å². The first-order chi connectivity index (χ1) is 14.9. The molecule has 1 fully saturated rings. The predicted octanol–water partition coefficient (Wildman–Crippen LogP) is 1.82. The number of carbonyl (C=O) groups is 1. The van der Waals surface area contributed by atoms with Crippen LogP contribution < -0.4 is 10.1 Å². The Morgan fingerprint density at radius 3 is 2.65 bits per heavy atom. The van der Waals surface area contributed by atoms with Crippen LogP contribution in [0.5, 0.6) is 5.75 Å². The summed E-state index contributed by atoms with van der Waals surface area (Å²) in [7, 11) is -3.06. The number of nitrogens with one attached hydrogen (secondary N) is 1. The summed E-state index contributed by atoms with van der Waals surface area (Å²) < 4.78 is 48.3. The zero-order valence-corrected chi connectivity index (χ0v) is 17.9. The number of benzene rings is 2. The van der Waals surface area contributed by atoms with Crippen LogP contribution in [0.25, 0.3) is 0 Å². The molecule has 0 radical (unpaired) electrons. The number of hydrogen-bond acceptors (Lipinski definition) is 6. The lowest BCUT2D eigenvalue weighted by Gasteiger charge is -2.33. The number of nitrogens with zero attached hydrogens (tertiary/aromatic N) is 1. The first-order valence-corrected chi connectivity index (χ1v) is 12.0. The van der Waals surface area contributed by atoms with Gasteiger partial charge in [-0.3, -0.25) is 9.69 Å². The SMILES string of the molecule is O=C(NCCc1cc(F)cc2c1OCOC2)C(c1ccccc1)N1CCS(=O)(=O)CC1. The standard InChI is InChI=1S/C22H25FN2O5S/c23-19-12-17(21-18(13-19)14-29-15-30-21)6-7-24-22(26)20(16-4-2-1-3-5-16)25-8-10-31(27,28)11-9-25/h1-5,12-13,20H,6-11,14-15H2,(H,24,26). The minimum atomic E-state index is -3.06. The third-order valence-electron chi connectivity index (χ3n) is 5.55. The quantitative estimate of drug-likeness (QED) is 0.726. The monoisotopic (exact) mass is 448 g/mol. The summed E-state index contributed by atoms with van der Waals surface area (Å²) in [5, 5.41) is 2.93. The van der Waals surface area contributed by atoms with Gasteiger partial charge in [-0.05, 0) is 29.7 Å². The summed E-state index contributed by atoms with van der Waals surface area (Å²) in [5.74, 6) is 0.116. The van der Waals surface area contributed by atoms with E-state index in [-0.39, 0.29) is 30.0 Å². The van der Waals surface area contributed by atoms with Gasteiger partial charge in [0.25, 0.3) is 0 Å². The highest BCUT2D eigenvalue weighted by Gasteiger charge is 2.32. The fraction of sp³-hybridized carbons (Fsp3) is 0.409. The summed E-state index contributed by atoms with van der Waals surface area (Å²) in [6.45, 7) is 1.32. The summed E-state index contributed by atoms with van der Waals surface area (Å²) in [4.78, 5) is 15.0. The molecule has 4 rings (SSSR count). The largest absolute Gasteiger partial charge is 0.467 e. The second kappa shape index (κ2) is 9.33. The van der Waals surface area contributed by atoms with Crippen LogP contribution in [0.4, 0.5) is 4.39 Å². The number of hydrogen-bond donors (Lipinski definition) is 1. The molecule has 1 atom stereocenters. The Hall–Kier alpha value is -2.49. The van der Waals surface area contributed by atoms with Crippen molar-refractivity contribution in [2.24, 2.45) is 0 Å². The highest BCUT2D eigenvalue weighted by atomic mass is 32.2. The van der Waals surface area contributed by atoms with Crippen molar-refractivity contribution in [2.75, 3.05) is 37.9 Å². The van der Waals surface area contributed by atoms with Crippen LogP contribution in [-0.4, -0.2) is 57.2 Å². The third kappa shape index (κ3) is 5.23. The second-order valence-electron chi connectivity index (χ2n) is 7.71. The van der Waals surface area contributed by atoms with Crippen molar-refractivity contribution < 1.29 is 27.1 Å². The Balaban J connectivity index is 1.46. The Labute approximate surface area is 181 Å². The normalized spacial score (nSPS) is 19.1. The van der Waals surface area contributed by atoms with Crippen LogP contribution in [0.3, 0.4) is 0 Å². The number of rotatable bonds is 6. The highest BCUT2D eigenvalue weighted by Crippen LogP contribution is 2.30. The number of ether oxygens (including phenoxy) is 2. The maximum absolute atomic E-state index is 13.9.